The van der Waals surface area contributed by atoms with E-state index in [1.54, 1.807) is 35.0 Å². The lowest BCUT2D eigenvalue weighted by molar-refractivity contribution is -0.193. The smallest absolute Gasteiger partial charge is 0.475 e. The highest BCUT2D eigenvalue weighted by Crippen LogP contribution is 2.35. The summed E-state index contributed by atoms with van der Waals surface area (Å²) in [6.07, 6.45) is -4.60. The van der Waals surface area contributed by atoms with Crippen LogP contribution in [0, 0.1) is 0 Å². The lowest BCUT2D eigenvalue weighted by Crippen LogP contribution is -2.34. The summed E-state index contributed by atoms with van der Waals surface area (Å²) in [7, 11) is -1.67. The number of nitrogens with one attached hydrogen (secondary N) is 1. The van der Waals surface area contributed by atoms with Gasteiger partial charge >= 0.3 is 24.3 Å². The number of alkyl halides is 6. The molecule has 0 aliphatic carbocycles. The number of benzene rings is 1. The summed E-state index contributed by atoms with van der Waals surface area (Å²) in [5.41, 5.74) is 3.37. The Hall–Kier alpha value is -4.57. The van der Waals surface area contributed by atoms with Gasteiger partial charge in [0, 0.05) is 48.6 Å². The van der Waals surface area contributed by atoms with Gasteiger partial charge in [0.2, 0.25) is 0 Å². The van der Waals surface area contributed by atoms with Crippen LogP contribution in [0.15, 0.2) is 76.7 Å². The van der Waals surface area contributed by atoms with E-state index in [2.05, 4.69) is 33.0 Å². The quantitative estimate of drug-likeness (QED) is 0.0896. The van der Waals surface area contributed by atoms with Crippen LogP contribution in [0.5, 0.6) is 0 Å². The zero-order valence-corrected chi connectivity index (χ0v) is 29.6. The zero-order valence-electron chi connectivity index (χ0n) is 27.2. The molecule has 282 valence electrons. The number of aromatic nitrogens is 3. The van der Waals surface area contributed by atoms with Crippen LogP contribution in [-0.2, 0) is 37.4 Å². The van der Waals surface area contributed by atoms with Gasteiger partial charge in [0.1, 0.15) is 9.22 Å². The normalized spacial score (nSPS) is 11.8. The monoisotopic (exact) mass is 795 g/mol. The van der Waals surface area contributed by atoms with Gasteiger partial charge in [-0.2, -0.15) is 26.3 Å². The van der Waals surface area contributed by atoms with Gasteiger partial charge in [-0.25, -0.2) is 23.0 Å². The number of carboxylic acid groups (broad SMARTS) is 2. The fourth-order valence-electron chi connectivity index (χ4n) is 4.27. The molecule has 0 spiro atoms. The molecule has 0 unspecified atom stereocenters. The standard InChI is InChI=1S/C27H29N5O3S3.2C2HF3O2/c1-3-35-13-12-32(38(33,34)25-10-6-14-36-25)24-9-4-8-21-15-23(30-26(21)24)27-29-17-22(37-27)19-31(2)18-20-7-5-11-28-16-20;2*3-2(4,5)1(6)7/h4-11,14-17,30H,3,12-13,18-19H2,1-2H3;2*(H,6,7). The molecule has 5 aromatic rings. The summed E-state index contributed by atoms with van der Waals surface area (Å²) in [5, 5.41) is 17.8. The van der Waals surface area contributed by atoms with E-state index in [0.717, 1.165) is 45.1 Å². The molecule has 0 atom stereocenters. The van der Waals surface area contributed by atoms with Crippen LogP contribution in [0.4, 0.5) is 32.0 Å². The molecule has 0 bridgehead atoms. The first-order valence-corrected chi connectivity index (χ1v) is 17.9. The zero-order chi connectivity index (χ0) is 38.7. The van der Waals surface area contributed by atoms with Gasteiger partial charge in [-0.1, -0.05) is 24.3 Å². The Balaban J connectivity index is 0.000000441. The average Bonchev–Trinajstić information content (AvgIpc) is 3.85. The number of halogens is 6. The van der Waals surface area contributed by atoms with Crippen molar-refractivity contribution in [2.45, 2.75) is 36.6 Å². The van der Waals surface area contributed by atoms with Crippen molar-refractivity contribution in [3.8, 4) is 10.7 Å². The predicted octanol–water partition coefficient (Wildman–Crippen LogP) is 6.88. The number of fused-ring (bicyclic) bond motifs is 1. The van der Waals surface area contributed by atoms with Crippen molar-refractivity contribution < 1.29 is 59.3 Å². The van der Waals surface area contributed by atoms with Crippen molar-refractivity contribution in [2.24, 2.45) is 0 Å². The van der Waals surface area contributed by atoms with Gasteiger partial charge in [0.15, 0.2) is 0 Å². The second-order valence-electron chi connectivity index (χ2n) is 10.4. The fraction of sp³-hybridized carbons (Fsp3) is 0.290. The van der Waals surface area contributed by atoms with Crippen LogP contribution in [0.3, 0.4) is 0 Å². The number of sulfonamides is 1. The van der Waals surface area contributed by atoms with Crippen LogP contribution >= 0.6 is 22.7 Å². The first kappa shape index (κ1) is 41.8. The van der Waals surface area contributed by atoms with Crippen molar-refractivity contribution in [1.29, 1.82) is 0 Å². The third-order valence-corrected chi connectivity index (χ3v) is 10.7. The highest BCUT2D eigenvalue weighted by atomic mass is 32.2. The Labute approximate surface area is 301 Å². The number of aliphatic carboxylic acids is 2. The minimum Gasteiger partial charge on any atom is -0.475 e. The topological polar surface area (TPSA) is 166 Å². The van der Waals surface area contributed by atoms with Crippen LogP contribution in [0.2, 0.25) is 0 Å². The minimum absolute atomic E-state index is 0.214. The molecule has 5 rings (SSSR count). The molecule has 1 aromatic carbocycles. The summed E-state index contributed by atoms with van der Waals surface area (Å²) in [5.74, 6) is -5.51. The van der Waals surface area contributed by atoms with E-state index < -0.39 is 34.3 Å². The van der Waals surface area contributed by atoms with E-state index in [1.807, 2.05) is 49.6 Å². The van der Waals surface area contributed by atoms with Crippen molar-refractivity contribution in [3.63, 3.8) is 0 Å². The molecule has 4 aromatic heterocycles. The number of hydrogen-bond acceptors (Lipinski definition) is 10. The van der Waals surface area contributed by atoms with Gasteiger partial charge in [-0.15, -0.1) is 22.7 Å². The van der Waals surface area contributed by atoms with Crippen LogP contribution in [0.1, 0.15) is 17.4 Å². The number of ether oxygens (including phenoxy) is 1. The summed E-state index contributed by atoms with van der Waals surface area (Å²) >= 11 is 2.84. The van der Waals surface area contributed by atoms with E-state index in [-0.39, 0.29) is 6.54 Å². The third-order valence-electron chi connectivity index (χ3n) is 6.46. The molecule has 0 aliphatic heterocycles. The molecule has 52 heavy (non-hydrogen) atoms. The van der Waals surface area contributed by atoms with Crippen molar-refractivity contribution in [3.05, 3.63) is 82.9 Å². The molecule has 0 amide bonds. The van der Waals surface area contributed by atoms with Gasteiger partial charge in [0.25, 0.3) is 10.0 Å². The molecule has 3 N–H and O–H groups in total. The molecule has 0 saturated heterocycles. The van der Waals surface area contributed by atoms with E-state index in [4.69, 9.17) is 24.5 Å². The number of rotatable bonds is 12. The van der Waals surface area contributed by atoms with Gasteiger partial charge < -0.3 is 19.9 Å². The molecule has 0 radical (unpaired) electrons. The molecule has 0 saturated carbocycles. The number of thiophene rings is 1. The van der Waals surface area contributed by atoms with Gasteiger partial charge in [0.05, 0.1) is 30.0 Å². The summed E-state index contributed by atoms with van der Waals surface area (Å²) in [6.45, 7) is 4.50. The molecule has 0 aliphatic rings. The largest absolute Gasteiger partial charge is 0.490 e. The van der Waals surface area contributed by atoms with Gasteiger partial charge in [-0.05, 0) is 49.2 Å². The Kier molecular flexibility index (Phi) is 14.7. The highest BCUT2D eigenvalue weighted by molar-refractivity contribution is 7.94. The summed E-state index contributed by atoms with van der Waals surface area (Å²) < 4.78 is 97.9. The summed E-state index contributed by atoms with van der Waals surface area (Å²) in [6, 6.07) is 15.1. The number of carbonyl (C=O) groups is 2. The third kappa shape index (κ3) is 12.0. The van der Waals surface area contributed by atoms with Crippen LogP contribution in [0.25, 0.3) is 21.6 Å². The Bertz CT molecular complexity index is 1980. The van der Waals surface area contributed by atoms with E-state index in [1.165, 1.54) is 15.6 Å². The Morgan fingerprint density at radius 1 is 0.962 bits per heavy atom. The Morgan fingerprint density at radius 2 is 1.63 bits per heavy atom. The maximum Gasteiger partial charge on any atom is 0.490 e. The number of pyridine rings is 1. The van der Waals surface area contributed by atoms with E-state index >= 15 is 0 Å². The highest BCUT2D eigenvalue weighted by Gasteiger charge is 2.39. The maximum absolute atomic E-state index is 13.6. The molecule has 0 fully saturated rings. The number of H-pyrrole nitrogens is 1. The first-order chi connectivity index (χ1) is 24.3. The molecular formula is C31H31F6N5O7S3. The molecular weight excluding hydrogens is 765 g/mol. The lowest BCUT2D eigenvalue weighted by atomic mass is 10.2. The molecule has 4 heterocycles. The van der Waals surface area contributed by atoms with Crippen LogP contribution in [-0.4, -0.2) is 89.6 Å². The predicted molar refractivity (Wildman–Crippen MR) is 182 cm³/mol. The number of hydrogen-bond donors (Lipinski definition) is 3. The van der Waals surface area contributed by atoms with Crippen LogP contribution < -0.4 is 4.31 Å². The Morgan fingerprint density at radius 3 is 2.19 bits per heavy atom. The fourth-order valence-corrected chi connectivity index (χ4v) is 7.80. The van der Waals surface area contributed by atoms with Crippen molar-refractivity contribution >= 4 is 61.2 Å². The second-order valence-corrected chi connectivity index (χ2v) is 14.6. The average molecular weight is 796 g/mol. The lowest BCUT2D eigenvalue weighted by Gasteiger charge is -2.24. The number of nitrogens with zero attached hydrogens (tertiary/aromatic N) is 4. The minimum atomic E-state index is -5.08. The SMILES string of the molecule is CCOCCN(c1cccc2cc(-c3ncc(CN(C)Cc4cccnc4)s3)[nH]c12)S(=O)(=O)c1cccs1.O=C(O)C(F)(F)F.O=C(O)C(F)(F)F. The number of para-hydroxylation sites is 1. The van der Waals surface area contributed by atoms with Gasteiger partial charge in [-0.3, -0.25) is 14.2 Å². The van der Waals surface area contributed by atoms with Crippen molar-refractivity contribution in [1.82, 2.24) is 19.9 Å². The molecule has 12 nitrogen and oxygen atoms in total. The number of anilines is 1. The van der Waals surface area contributed by atoms with E-state index in [9.17, 15) is 34.8 Å². The summed E-state index contributed by atoms with van der Waals surface area (Å²) in [4.78, 5) is 33.5. The van der Waals surface area contributed by atoms with Crippen molar-refractivity contribution in [2.75, 3.05) is 31.1 Å². The number of aromatic amines is 1. The number of thiazole rings is 1. The van der Waals surface area contributed by atoms with E-state index in [0.29, 0.717) is 23.1 Å². The molecule has 21 heteroatoms. The maximum atomic E-state index is 13.6. The second kappa shape index (κ2) is 18.3. The number of carboxylic acids is 2. The first-order valence-electron chi connectivity index (χ1n) is 14.7.